The van der Waals surface area contributed by atoms with E-state index in [1.54, 1.807) is 0 Å². The minimum atomic E-state index is 0.0935. The van der Waals surface area contributed by atoms with Crippen molar-refractivity contribution in [3.63, 3.8) is 0 Å². The quantitative estimate of drug-likeness (QED) is 0.318. The van der Waals surface area contributed by atoms with Gasteiger partial charge in [0.2, 0.25) is 0 Å². The monoisotopic (exact) mass is 481 g/mol. The minimum absolute atomic E-state index is 0.0935. The Morgan fingerprint density at radius 2 is 1.47 bits per heavy atom. The van der Waals surface area contributed by atoms with Crippen LogP contribution >= 0.6 is 0 Å². The Bertz CT molecular complexity index is 1290. The van der Waals surface area contributed by atoms with E-state index in [0.717, 1.165) is 61.5 Å². The Balaban J connectivity index is 1.41. The van der Waals surface area contributed by atoms with Gasteiger partial charge in [-0.2, -0.15) is 0 Å². The Morgan fingerprint density at radius 3 is 2.11 bits per heavy atom. The number of ether oxygens (including phenoxy) is 1. The molecule has 2 heterocycles. The summed E-state index contributed by atoms with van der Waals surface area (Å²) in [6, 6.07) is 29.1. The van der Waals surface area contributed by atoms with Gasteiger partial charge >= 0.3 is 0 Å². The van der Waals surface area contributed by atoms with Crippen molar-refractivity contribution in [1.82, 2.24) is 14.4 Å². The van der Waals surface area contributed by atoms with Crippen molar-refractivity contribution < 1.29 is 9.53 Å². The molecule has 4 aromatic rings. The normalized spacial score (nSPS) is 15.2. The molecule has 0 aliphatic carbocycles. The van der Waals surface area contributed by atoms with E-state index in [1.165, 1.54) is 11.1 Å². The van der Waals surface area contributed by atoms with E-state index in [4.69, 9.17) is 4.74 Å². The first-order valence-corrected chi connectivity index (χ1v) is 13.0. The van der Waals surface area contributed by atoms with Gasteiger partial charge in [0.1, 0.15) is 11.4 Å². The van der Waals surface area contributed by atoms with Crippen molar-refractivity contribution >= 4 is 16.8 Å². The molecule has 186 valence electrons. The maximum Gasteiger partial charge on any atom is 0.270 e. The molecule has 1 atom stereocenters. The van der Waals surface area contributed by atoms with Crippen LogP contribution in [0.4, 0.5) is 0 Å². The molecule has 0 saturated carbocycles. The lowest BCUT2D eigenvalue weighted by atomic mass is 10.2. The highest BCUT2D eigenvalue weighted by molar-refractivity contribution is 6.00. The number of carbonyl (C=O) groups excluding carboxylic acids is 1. The second-order valence-corrected chi connectivity index (χ2v) is 9.68. The Labute approximate surface area is 213 Å². The summed E-state index contributed by atoms with van der Waals surface area (Å²) in [6.45, 7) is 8.99. The van der Waals surface area contributed by atoms with Crippen molar-refractivity contribution in [3.05, 3.63) is 102 Å². The molecule has 1 fully saturated rings. The van der Waals surface area contributed by atoms with Gasteiger partial charge in [0.15, 0.2) is 0 Å². The summed E-state index contributed by atoms with van der Waals surface area (Å²) in [7, 11) is 0. The molecule has 1 aliphatic rings. The lowest BCUT2D eigenvalue weighted by molar-refractivity contribution is 0.0619. The zero-order valence-corrected chi connectivity index (χ0v) is 21.3. The molecule has 36 heavy (non-hydrogen) atoms. The third kappa shape index (κ3) is 5.31. The van der Waals surface area contributed by atoms with Crippen LogP contribution in [0.3, 0.4) is 0 Å². The number of amides is 1. The number of aromatic nitrogens is 1. The maximum absolute atomic E-state index is 13.9. The SMILES string of the molecule is CCC(C)Oc1cccc2c1cc(C(=O)N1CCN(Cc3ccccc3)CC1)n2Cc1ccccc1. The molecule has 0 radical (unpaired) electrons. The molecule has 0 N–H and O–H groups in total. The standard InChI is InChI=1S/C31H35N3O2/c1-3-24(2)36-30-16-10-15-28-27(30)21-29(34(28)23-26-13-8-5-9-14-26)31(35)33-19-17-32(18-20-33)22-25-11-6-4-7-12-25/h4-16,21,24H,3,17-20,22-23H2,1-2H3. The Morgan fingerprint density at radius 1 is 0.833 bits per heavy atom. The van der Waals surface area contributed by atoms with Gasteiger partial charge in [0, 0.05) is 44.7 Å². The number of rotatable bonds is 8. The number of carbonyl (C=O) groups is 1. The van der Waals surface area contributed by atoms with Crippen LogP contribution in [0, 0.1) is 0 Å². The smallest absolute Gasteiger partial charge is 0.270 e. The van der Waals surface area contributed by atoms with Crippen LogP contribution in [0.1, 0.15) is 41.9 Å². The van der Waals surface area contributed by atoms with Crippen molar-refractivity contribution in [3.8, 4) is 5.75 Å². The summed E-state index contributed by atoms with van der Waals surface area (Å²) >= 11 is 0. The van der Waals surface area contributed by atoms with Crippen LogP contribution in [0.25, 0.3) is 10.9 Å². The fourth-order valence-corrected chi connectivity index (χ4v) is 4.89. The highest BCUT2D eigenvalue weighted by Gasteiger charge is 2.26. The van der Waals surface area contributed by atoms with E-state index in [-0.39, 0.29) is 12.0 Å². The van der Waals surface area contributed by atoms with E-state index in [0.29, 0.717) is 6.54 Å². The highest BCUT2D eigenvalue weighted by Crippen LogP contribution is 2.31. The van der Waals surface area contributed by atoms with Crippen LogP contribution in [-0.4, -0.2) is 52.6 Å². The summed E-state index contributed by atoms with van der Waals surface area (Å²) in [5.74, 6) is 0.936. The fourth-order valence-electron chi connectivity index (χ4n) is 4.89. The summed E-state index contributed by atoms with van der Waals surface area (Å²) < 4.78 is 8.41. The predicted octanol–water partition coefficient (Wildman–Crippen LogP) is 5.82. The summed E-state index contributed by atoms with van der Waals surface area (Å²) in [5.41, 5.74) is 4.25. The number of benzene rings is 3. The number of nitrogens with zero attached hydrogens (tertiary/aromatic N) is 3. The average molecular weight is 482 g/mol. The largest absolute Gasteiger partial charge is 0.490 e. The molecule has 1 saturated heterocycles. The predicted molar refractivity (Wildman–Crippen MR) is 145 cm³/mol. The van der Waals surface area contributed by atoms with Gasteiger partial charge in [-0.1, -0.05) is 73.7 Å². The van der Waals surface area contributed by atoms with Gasteiger partial charge in [-0.05, 0) is 42.7 Å². The highest BCUT2D eigenvalue weighted by atomic mass is 16.5. The van der Waals surface area contributed by atoms with Gasteiger partial charge in [0.25, 0.3) is 5.91 Å². The van der Waals surface area contributed by atoms with E-state index in [1.807, 2.05) is 47.4 Å². The van der Waals surface area contributed by atoms with Crippen molar-refractivity contribution in [1.29, 1.82) is 0 Å². The summed E-state index contributed by atoms with van der Waals surface area (Å²) in [5, 5.41) is 1.000. The molecule has 0 spiro atoms. The molecule has 3 aromatic carbocycles. The molecule has 1 aliphatic heterocycles. The molecule has 0 bridgehead atoms. The first-order valence-electron chi connectivity index (χ1n) is 13.0. The lowest BCUT2D eigenvalue weighted by Crippen LogP contribution is -2.48. The summed E-state index contributed by atoms with van der Waals surface area (Å²) in [6.07, 6.45) is 1.05. The zero-order valence-electron chi connectivity index (χ0n) is 21.3. The van der Waals surface area contributed by atoms with Crippen LogP contribution in [0.5, 0.6) is 5.75 Å². The molecule has 1 aromatic heterocycles. The number of hydrogen-bond donors (Lipinski definition) is 0. The molecular formula is C31H35N3O2. The number of piperazine rings is 1. The molecule has 5 heteroatoms. The third-order valence-corrected chi connectivity index (χ3v) is 7.12. The Hall–Kier alpha value is -3.57. The van der Waals surface area contributed by atoms with E-state index in [2.05, 4.69) is 65.8 Å². The molecule has 5 rings (SSSR count). The second kappa shape index (κ2) is 11.0. The van der Waals surface area contributed by atoms with Gasteiger partial charge in [-0.25, -0.2) is 0 Å². The van der Waals surface area contributed by atoms with Crippen LogP contribution < -0.4 is 4.74 Å². The lowest BCUT2D eigenvalue weighted by Gasteiger charge is -2.35. The second-order valence-electron chi connectivity index (χ2n) is 9.68. The first-order chi connectivity index (χ1) is 17.6. The van der Waals surface area contributed by atoms with Gasteiger partial charge in [0.05, 0.1) is 11.6 Å². The van der Waals surface area contributed by atoms with Crippen molar-refractivity contribution in [2.24, 2.45) is 0 Å². The average Bonchev–Trinajstić information content (AvgIpc) is 3.29. The van der Waals surface area contributed by atoms with Crippen LogP contribution in [-0.2, 0) is 13.1 Å². The molecular weight excluding hydrogens is 446 g/mol. The first kappa shape index (κ1) is 24.1. The summed E-state index contributed by atoms with van der Waals surface area (Å²) in [4.78, 5) is 18.3. The minimum Gasteiger partial charge on any atom is -0.490 e. The Kier molecular flexibility index (Phi) is 7.38. The van der Waals surface area contributed by atoms with Crippen LogP contribution in [0.2, 0.25) is 0 Å². The van der Waals surface area contributed by atoms with Crippen molar-refractivity contribution in [2.75, 3.05) is 26.2 Å². The van der Waals surface area contributed by atoms with Gasteiger partial charge in [-0.3, -0.25) is 9.69 Å². The van der Waals surface area contributed by atoms with Gasteiger partial charge in [-0.15, -0.1) is 0 Å². The maximum atomic E-state index is 13.9. The topological polar surface area (TPSA) is 37.7 Å². The van der Waals surface area contributed by atoms with Crippen molar-refractivity contribution in [2.45, 2.75) is 39.5 Å². The number of hydrogen-bond acceptors (Lipinski definition) is 3. The fraction of sp³-hybridized carbons (Fsp3) is 0.323. The van der Waals surface area contributed by atoms with E-state index >= 15 is 0 Å². The van der Waals surface area contributed by atoms with Crippen LogP contribution in [0.15, 0.2) is 84.9 Å². The zero-order chi connectivity index (χ0) is 24.9. The van der Waals surface area contributed by atoms with E-state index < -0.39 is 0 Å². The molecule has 1 unspecified atom stereocenters. The molecule has 1 amide bonds. The van der Waals surface area contributed by atoms with E-state index in [9.17, 15) is 4.79 Å². The third-order valence-electron chi connectivity index (χ3n) is 7.12. The van der Waals surface area contributed by atoms with Gasteiger partial charge < -0.3 is 14.2 Å². The molecule has 5 nitrogen and oxygen atoms in total. The number of fused-ring (bicyclic) bond motifs is 1.